The van der Waals surface area contributed by atoms with E-state index in [9.17, 15) is 14.7 Å². The molecule has 2 rings (SSSR count). The van der Waals surface area contributed by atoms with Crippen molar-refractivity contribution in [3.63, 3.8) is 0 Å². The van der Waals surface area contributed by atoms with E-state index in [0.717, 1.165) is 0 Å². The molecule has 1 atom stereocenters. The van der Waals surface area contributed by atoms with Crippen molar-refractivity contribution < 1.29 is 19.4 Å². The molecule has 2 aromatic rings. The maximum absolute atomic E-state index is 11.8. The summed E-state index contributed by atoms with van der Waals surface area (Å²) >= 11 is 0. The van der Waals surface area contributed by atoms with Crippen molar-refractivity contribution >= 4 is 12.1 Å². The van der Waals surface area contributed by atoms with Crippen LogP contribution >= 0.6 is 0 Å². The number of carbonyl (C=O) groups excluding carboxylic acids is 1. The molecule has 1 aromatic carbocycles. The highest BCUT2D eigenvalue weighted by molar-refractivity contribution is 5.80. The number of carboxylic acid groups (broad SMARTS) is 1. The van der Waals surface area contributed by atoms with Crippen molar-refractivity contribution in [1.82, 2.24) is 25.7 Å². The summed E-state index contributed by atoms with van der Waals surface area (Å²) in [6, 6.07) is 5.86. The number of hydrogen-bond acceptors (Lipinski definition) is 7. The lowest BCUT2D eigenvalue weighted by Gasteiger charge is -2.22. The number of carboxylic acids is 1. The van der Waals surface area contributed by atoms with Gasteiger partial charge in [-0.15, -0.1) is 20.4 Å². The monoisotopic (exact) mass is 345 g/mol. The van der Waals surface area contributed by atoms with Gasteiger partial charge in [0.2, 0.25) is 5.82 Å². The second-order valence-electron chi connectivity index (χ2n) is 6.31. The molecule has 25 heavy (non-hydrogen) atoms. The third kappa shape index (κ3) is 5.79. The van der Waals surface area contributed by atoms with E-state index >= 15 is 0 Å². The molecule has 0 spiro atoms. The van der Waals surface area contributed by atoms with Gasteiger partial charge in [0.15, 0.2) is 6.33 Å². The van der Waals surface area contributed by atoms with Gasteiger partial charge in [-0.05, 0) is 32.4 Å². The van der Waals surface area contributed by atoms with Gasteiger partial charge in [0.05, 0.1) is 0 Å². The van der Waals surface area contributed by atoms with E-state index in [1.165, 1.54) is 6.33 Å². The maximum atomic E-state index is 11.8. The molecule has 1 unspecified atom stereocenters. The van der Waals surface area contributed by atoms with E-state index in [0.29, 0.717) is 17.0 Å². The first-order valence-corrected chi connectivity index (χ1v) is 7.56. The standard InChI is InChI=1S/C16H19N5O4/c1-16(2,3)25-15(24)19-12(14(22)23)8-10-5-4-6-11(7-10)13-20-17-9-18-21-13/h4-7,9,12H,8H2,1-3H3,(H,19,24)(H,22,23). The zero-order chi connectivity index (χ0) is 18.4. The number of benzene rings is 1. The fourth-order valence-corrected chi connectivity index (χ4v) is 2.04. The smallest absolute Gasteiger partial charge is 0.408 e. The number of ether oxygens (including phenoxy) is 1. The van der Waals surface area contributed by atoms with Crippen LogP contribution in [0.4, 0.5) is 4.79 Å². The first kappa shape index (κ1) is 18.2. The predicted molar refractivity (Wildman–Crippen MR) is 87.6 cm³/mol. The van der Waals surface area contributed by atoms with E-state index < -0.39 is 23.7 Å². The molecule has 0 aliphatic carbocycles. The highest BCUT2D eigenvalue weighted by Gasteiger charge is 2.24. The van der Waals surface area contributed by atoms with Gasteiger partial charge in [-0.2, -0.15) is 0 Å². The Hall–Kier alpha value is -3.10. The van der Waals surface area contributed by atoms with Crippen molar-refractivity contribution in [3.05, 3.63) is 36.2 Å². The Balaban J connectivity index is 2.12. The normalized spacial score (nSPS) is 12.3. The summed E-state index contributed by atoms with van der Waals surface area (Å²) in [7, 11) is 0. The average Bonchev–Trinajstić information content (AvgIpc) is 2.53. The molecule has 0 saturated heterocycles. The van der Waals surface area contributed by atoms with Gasteiger partial charge >= 0.3 is 12.1 Å². The minimum atomic E-state index is -1.16. The number of carbonyl (C=O) groups is 2. The molecule has 1 aromatic heterocycles. The van der Waals surface area contributed by atoms with E-state index in [1.54, 1.807) is 45.0 Å². The Bertz CT molecular complexity index is 746. The molecular weight excluding hydrogens is 326 g/mol. The van der Waals surface area contributed by atoms with Crippen LogP contribution in [0.5, 0.6) is 0 Å². The molecular formula is C16H19N5O4. The minimum absolute atomic E-state index is 0.0795. The van der Waals surface area contributed by atoms with Gasteiger partial charge in [-0.3, -0.25) is 0 Å². The van der Waals surface area contributed by atoms with Crippen molar-refractivity contribution in [2.75, 3.05) is 0 Å². The number of amides is 1. The first-order valence-electron chi connectivity index (χ1n) is 7.56. The molecule has 1 amide bonds. The van der Waals surface area contributed by atoms with Crippen LogP contribution in [0.3, 0.4) is 0 Å². The molecule has 0 fully saturated rings. The Morgan fingerprint density at radius 3 is 2.52 bits per heavy atom. The van der Waals surface area contributed by atoms with Crippen LogP contribution in [0.15, 0.2) is 30.6 Å². The molecule has 1 heterocycles. The number of aliphatic carboxylic acids is 1. The van der Waals surface area contributed by atoms with Gasteiger partial charge in [-0.25, -0.2) is 9.59 Å². The Labute approximate surface area is 144 Å². The molecule has 0 aliphatic rings. The van der Waals surface area contributed by atoms with Crippen LogP contribution in [0.25, 0.3) is 11.4 Å². The van der Waals surface area contributed by atoms with E-state index in [4.69, 9.17) is 4.74 Å². The summed E-state index contributed by atoms with van der Waals surface area (Å²) in [5.74, 6) is -0.827. The Kier molecular flexibility index (Phi) is 5.58. The largest absolute Gasteiger partial charge is 0.480 e. The summed E-state index contributed by atoms with van der Waals surface area (Å²) in [5.41, 5.74) is 0.630. The third-order valence-corrected chi connectivity index (χ3v) is 3.02. The van der Waals surface area contributed by atoms with E-state index in [2.05, 4.69) is 25.7 Å². The lowest BCUT2D eigenvalue weighted by Crippen LogP contribution is -2.44. The zero-order valence-electron chi connectivity index (χ0n) is 14.1. The van der Waals surface area contributed by atoms with Crippen molar-refractivity contribution in [3.8, 4) is 11.4 Å². The highest BCUT2D eigenvalue weighted by Crippen LogP contribution is 2.16. The van der Waals surface area contributed by atoms with Crippen molar-refractivity contribution in [1.29, 1.82) is 0 Å². The van der Waals surface area contributed by atoms with E-state index in [1.807, 2.05) is 0 Å². The molecule has 0 saturated carbocycles. The highest BCUT2D eigenvalue weighted by atomic mass is 16.6. The molecule has 132 valence electrons. The summed E-state index contributed by atoms with van der Waals surface area (Å²) in [4.78, 5) is 23.3. The second-order valence-corrected chi connectivity index (χ2v) is 6.31. The first-order chi connectivity index (χ1) is 11.7. The SMILES string of the molecule is CC(C)(C)OC(=O)NC(Cc1cccc(-c2nncnn2)c1)C(=O)O. The summed E-state index contributed by atoms with van der Waals surface area (Å²) in [5, 5.41) is 26.8. The predicted octanol–water partition coefficient (Wildman–Crippen LogP) is 1.45. The lowest BCUT2D eigenvalue weighted by molar-refractivity contribution is -0.139. The average molecular weight is 345 g/mol. The Morgan fingerprint density at radius 1 is 1.24 bits per heavy atom. The fourth-order valence-electron chi connectivity index (χ4n) is 2.04. The van der Waals surface area contributed by atoms with Gasteiger partial charge in [0, 0.05) is 12.0 Å². The van der Waals surface area contributed by atoms with Crippen molar-refractivity contribution in [2.45, 2.75) is 38.8 Å². The summed E-state index contributed by atoms with van der Waals surface area (Å²) < 4.78 is 5.10. The number of hydrogen-bond donors (Lipinski definition) is 2. The molecule has 0 aliphatic heterocycles. The number of rotatable bonds is 5. The molecule has 2 N–H and O–H groups in total. The number of alkyl carbamates (subject to hydrolysis) is 1. The van der Waals surface area contributed by atoms with Gasteiger partial charge in [0.1, 0.15) is 11.6 Å². The summed E-state index contributed by atoms with van der Waals surface area (Å²) in [6.07, 6.45) is 0.519. The maximum Gasteiger partial charge on any atom is 0.408 e. The molecule has 9 heteroatoms. The number of nitrogens with zero attached hydrogens (tertiary/aromatic N) is 4. The topological polar surface area (TPSA) is 127 Å². The molecule has 0 radical (unpaired) electrons. The quantitative estimate of drug-likeness (QED) is 0.833. The zero-order valence-corrected chi connectivity index (χ0v) is 14.1. The Morgan fingerprint density at radius 2 is 1.92 bits per heavy atom. The van der Waals surface area contributed by atoms with Crippen molar-refractivity contribution in [2.24, 2.45) is 0 Å². The molecule has 0 bridgehead atoms. The van der Waals surface area contributed by atoms with Crippen LogP contribution in [-0.2, 0) is 16.0 Å². The minimum Gasteiger partial charge on any atom is -0.480 e. The summed E-state index contributed by atoms with van der Waals surface area (Å²) in [6.45, 7) is 5.11. The second kappa shape index (κ2) is 7.65. The fraction of sp³-hybridized carbons (Fsp3) is 0.375. The number of aromatic nitrogens is 4. The van der Waals surface area contributed by atoms with Gasteiger partial charge in [0.25, 0.3) is 0 Å². The molecule has 9 nitrogen and oxygen atoms in total. The van der Waals surface area contributed by atoms with Gasteiger partial charge < -0.3 is 15.2 Å². The van der Waals surface area contributed by atoms with Gasteiger partial charge in [-0.1, -0.05) is 18.2 Å². The van der Waals surface area contributed by atoms with Crippen LogP contribution in [0, 0.1) is 0 Å². The number of nitrogens with one attached hydrogen (secondary N) is 1. The van der Waals surface area contributed by atoms with E-state index in [-0.39, 0.29) is 6.42 Å². The van der Waals surface area contributed by atoms with Crippen LogP contribution in [0.2, 0.25) is 0 Å². The third-order valence-electron chi connectivity index (χ3n) is 3.02. The van der Waals surface area contributed by atoms with Crippen LogP contribution in [0.1, 0.15) is 26.3 Å². The van der Waals surface area contributed by atoms with Crippen LogP contribution in [-0.4, -0.2) is 49.2 Å². The van der Waals surface area contributed by atoms with Crippen LogP contribution < -0.4 is 5.32 Å². The lowest BCUT2D eigenvalue weighted by atomic mass is 10.0.